The van der Waals surface area contributed by atoms with Crippen molar-refractivity contribution in [2.45, 2.75) is 13.3 Å². The molecule has 2 heterocycles. The quantitative estimate of drug-likeness (QED) is 0.661. The molecule has 1 saturated heterocycles. The third-order valence-electron chi connectivity index (χ3n) is 5.15. The second kappa shape index (κ2) is 8.85. The van der Waals surface area contributed by atoms with Crippen LogP contribution in [0.4, 0.5) is 14.5 Å². The number of imide groups is 1. The highest BCUT2D eigenvalue weighted by Gasteiger charge is 2.43. The van der Waals surface area contributed by atoms with Crippen molar-refractivity contribution in [3.8, 4) is 5.75 Å². The van der Waals surface area contributed by atoms with Crippen LogP contribution in [0.15, 0.2) is 48.2 Å². The molecule has 2 amide bonds. The molecule has 0 atom stereocenters. The first-order valence-electron chi connectivity index (χ1n) is 10.1. The lowest BCUT2D eigenvalue weighted by molar-refractivity contribution is -0.121. The van der Waals surface area contributed by atoms with Crippen LogP contribution in [0.1, 0.15) is 18.9 Å². The number of hydrogen-bond donors (Lipinski definition) is 0. The Labute approximate surface area is 178 Å². The summed E-state index contributed by atoms with van der Waals surface area (Å²) in [4.78, 5) is 29.2. The molecule has 162 valence electrons. The lowest BCUT2D eigenvalue weighted by atomic mass is 10.0. The number of amides is 2. The zero-order chi connectivity index (χ0) is 22.0. The second-order valence-electron chi connectivity index (χ2n) is 7.24. The highest BCUT2D eigenvalue weighted by atomic mass is 19.1. The largest absolute Gasteiger partial charge is 0.494 e. The molecule has 0 saturated carbocycles. The van der Waals surface area contributed by atoms with Gasteiger partial charge >= 0.3 is 0 Å². The van der Waals surface area contributed by atoms with E-state index in [1.54, 1.807) is 29.2 Å². The van der Waals surface area contributed by atoms with Crippen LogP contribution in [0.5, 0.6) is 5.75 Å². The third kappa shape index (κ3) is 4.03. The van der Waals surface area contributed by atoms with Crippen molar-refractivity contribution in [1.29, 1.82) is 0 Å². The molecule has 6 nitrogen and oxygen atoms in total. The highest BCUT2D eigenvalue weighted by molar-refractivity contribution is 6.45. The van der Waals surface area contributed by atoms with Crippen molar-refractivity contribution in [2.24, 2.45) is 0 Å². The van der Waals surface area contributed by atoms with Crippen LogP contribution in [-0.4, -0.2) is 49.6 Å². The molecule has 2 aliphatic rings. The van der Waals surface area contributed by atoms with Gasteiger partial charge in [0.2, 0.25) is 0 Å². The summed E-state index contributed by atoms with van der Waals surface area (Å²) in [6.45, 7) is 4.18. The number of nitrogens with zero attached hydrogens (tertiary/aromatic N) is 2. The van der Waals surface area contributed by atoms with E-state index in [0.717, 1.165) is 24.6 Å². The van der Waals surface area contributed by atoms with E-state index in [4.69, 9.17) is 9.47 Å². The molecule has 31 heavy (non-hydrogen) atoms. The fourth-order valence-corrected chi connectivity index (χ4v) is 3.67. The van der Waals surface area contributed by atoms with E-state index in [1.165, 1.54) is 0 Å². The number of carbonyl (C=O) groups excluding carboxylic acids is 2. The molecule has 0 bridgehead atoms. The molecule has 8 heteroatoms. The van der Waals surface area contributed by atoms with Gasteiger partial charge in [-0.2, -0.15) is 0 Å². The van der Waals surface area contributed by atoms with E-state index in [1.807, 2.05) is 6.92 Å². The molecular weight excluding hydrogens is 406 g/mol. The van der Waals surface area contributed by atoms with Gasteiger partial charge in [0, 0.05) is 19.2 Å². The van der Waals surface area contributed by atoms with Gasteiger partial charge in [-0.1, -0.05) is 19.1 Å². The van der Waals surface area contributed by atoms with Gasteiger partial charge < -0.3 is 14.4 Å². The summed E-state index contributed by atoms with van der Waals surface area (Å²) in [6.07, 6.45) is 0.856. The Kier molecular flexibility index (Phi) is 5.99. The molecule has 0 radical (unpaired) electrons. The van der Waals surface area contributed by atoms with Gasteiger partial charge in [0.05, 0.1) is 31.1 Å². The van der Waals surface area contributed by atoms with Gasteiger partial charge in [-0.05, 0) is 36.2 Å². The minimum Gasteiger partial charge on any atom is -0.494 e. The summed E-state index contributed by atoms with van der Waals surface area (Å²) in [5.41, 5.74) is 0.415. The average Bonchev–Trinajstić information content (AvgIpc) is 3.05. The predicted molar refractivity (Wildman–Crippen MR) is 110 cm³/mol. The standard InChI is InChI=1S/C23H22F2N2O4/c1-2-11-31-17-6-3-15(4-7-17)20-21(26-9-12-30-13-10-26)23(29)27(22(20)28)19-14-16(24)5-8-18(19)25/h3-8,14H,2,9-13H2,1H3. The zero-order valence-electron chi connectivity index (χ0n) is 17.1. The van der Waals surface area contributed by atoms with Crippen molar-refractivity contribution in [1.82, 2.24) is 4.90 Å². The molecule has 1 fully saturated rings. The molecule has 0 unspecified atom stereocenters. The lowest BCUT2D eigenvalue weighted by Crippen LogP contribution is -2.40. The number of morpholine rings is 1. The molecule has 2 aromatic rings. The van der Waals surface area contributed by atoms with Gasteiger partial charge in [-0.25, -0.2) is 13.7 Å². The van der Waals surface area contributed by atoms with Crippen LogP contribution in [0.2, 0.25) is 0 Å². The summed E-state index contributed by atoms with van der Waals surface area (Å²) in [5.74, 6) is -2.33. The van der Waals surface area contributed by atoms with Crippen LogP contribution < -0.4 is 9.64 Å². The van der Waals surface area contributed by atoms with Crippen molar-refractivity contribution in [3.05, 3.63) is 65.4 Å². The minimum absolute atomic E-state index is 0.151. The summed E-state index contributed by atoms with van der Waals surface area (Å²) >= 11 is 0. The zero-order valence-corrected chi connectivity index (χ0v) is 17.1. The second-order valence-corrected chi connectivity index (χ2v) is 7.24. The fourth-order valence-electron chi connectivity index (χ4n) is 3.67. The Morgan fingerprint density at radius 1 is 1.00 bits per heavy atom. The van der Waals surface area contributed by atoms with Gasteiger partial charge in [0.25, 0.3) is 11.8 Å². The van der Waals surface area contributed by atoms with Crippen LogP contribution in [0.3, 0.4) is 0 Å². The Morgan fingerprint density at radius 3 is 2.39 bits per heavy atom. The van der Waals surface area contributed by atoms with Gasteiger partial charge in [-0.15, -0.1) is 0 Å². The van der Waals surface area contributed by atoms with Gasteiger partial charge in [0.1, 0.15) is 23.1 Å². The number of halogens is 2. The average molecular weight is 428 g/mol. The van der Waals surface area contributed by atoms with E-state index in [-0.39, 0.29) is 11.3 Å². The van der Waals surface area contributed by atoms with E-state index in [2.05, 4.69) is 0 Å². The van der Waals surface area contributed by atoms with Crippen LogP contribution >= 0.6 is 0 Å². The van der Waals surface area contributed by atoms with Crippen molar-refractivity contribution >= 4 is 23.1 Å². The molecule has 0 aromatic heterocycles. The third-order valence-corrected chi connectivity index (χ3v) is 5.15. The monoisotopic (exact) mass is 428 g/mol. The summed E-state index contributed by atoms with van der Waals surface area (Å²) in [5, 5.41) is 0. The van der Waals surface area contributed by atoms with Crippen LogP contribution in [-0.2, 0) is 14.3 Å². The number of anilines is 1. The predicted octanol–water partition coefficient (Wildman–Crippen LogP) is 3.37. The molecule has 2 aromatic carbocycles. The highest BCUT2D eigenvalue weighted by Crippen LogP contribution is 2.36. The number of rotatable bonds is 6. The molecular formula is C23H22F2N2O4. The summed E-state index contributed by atoms with van der Waals surface area (Å²) in [6, 6.07) is 9.52. The Morgan fingerprint density at radius 2 is 1.71 bits per heavy atom. The van der Waals surface area contributed by atoms with Crippen molar-refractivity contribution in [3.63, 3.8) is 0 Å². The molecule has 0 aliphatic carbocycles. The maximum absolute atomic E-state index is 14.5. The first kappa shape index (κ1) is 21.0. The number of hydrogen-bond acceptors (Lipinski definition) is 5. The molecule has 2 aliphatic heterocycles. The van der Waals surface area contributed by atoms with E-state index >= 15 is 0 Å². The topological polar surface area (TPSA) is 59.1 Å². The Hall–Kier alpha value is -3.26. The molecule has 0 spiro atoms. The normalized spacial score (nSPS) is 17.0. The number of carbonyl (C=O) groups is 2. The van der Waals surface area contributed by atoms with Crippen LogP contribution in [0.25, 0.3) is 5.57 Å². The van der Waals surface area contributed by atoms with E-state index in [0.29, 0.717) is 49.1 Å². The van der Waals surface area contributed by atoms with Crippen LogP contribution in [0, 0.1) is 11.6 Å². The maximum Gasteiger partial charge on any atom is 0.282 e. The Bertz CT molecular complexity index is 1030. The number of ether oxygens (including phenoxy) is 2. The fraction of sp³-hybridized carbons (Fsp3) is 0.304. The lowest BCUT2D eigenvalue weighted by Gasteiger charge is -2.29. The van der Waals surface area contributed by atoms with Gasteiger partial charge in [0.15, 0.2) is 0 Å². The smallest absolute Gasteiger partial charge is 0.282 e. The maximum atomic E-state index is 14.5. The first-order valence-corrected chi connectivity index (χ1v) is 10.1. The van der Waals surface area contributed by atoms with E-state index in [9.17, 15) is 18.4 Å². The first-order chi connectivity index (χ1) is 15.0. The minimum atomic E-state index is -0.853. The van der Waals surface area contributed by atoms with Gasteiger partial charge in [-0.3, -0.25) is 9.59 Å². The Balaban J connectivity index is 1.77. The van der Waals surface area contributed by atoms with E-state index < -0.39 is 29.1 Å². The van der Waals surface area contributed by atoms with Crippen molar-refractivity contribution in [2.75, 3.05) is 37.8 Å². The SMILES string of the molecule is CCCOc1ccc(C2=C(N3CCOCC3)C(=O)N(c3cc(F)ccc3F)C2=O)cc1. The summed E-state index contributed by atoms with van der Waals surface area (Å²) in [7, 11) is 0. The number of benzene rings is 2. The molecule has 0 N–H and O–H groups in total. The summed E-state index contributed by atoms with van der Waals surface area (Å²) < 4.78 is 39.2. The van der Waals surface area contributed by atoms with Crippen molar-refractivity contribution < 1.29 is 27.8 Å². The molecule has 4 rings (SSSR count).